The van der Waals surface area contributed by atoms with E-state index in [2.05, 4.69) is 6.58 Å². The summed E-state index contributed by atoms with van der Waals surface area (Å²) in [6.45, 7) is 4.80. The highest BCUT2D eigenvalue weighted by Crippen LogP contribution is 2.23. The predicted molar refractivity (Wildman–Crippen MR) is 70.6 cm³/mol. The van der Waals surface area contributed by atoms with E-state index in [0.29, 0.717) is 18.7 Å². The van der Waals surface area contributed by atoms with Gasteiger partial charge in [-0.1, -0.05) is 12.6 Å². The fourth-order valence-corrected chi connectivity index (χ4v) is 2.17. The SMILES string of the molecule is C=C1CC(CN(C)Cc2ccc(C(=O)NO)cc2F)O1. The third-order valence-electron chi connectivity index (χ3n) is 3.16. The average Bonchev–Trinajstić information content (AvgIpc) is 2.38. The van der Waals surface area contributed by atoms with Gasteiger partial charge in [0, 0.05) is 30.6 Å². The largest absolute Gasteiger partial charge is 0.493 e. The molecule has 0 spiro atoms. The lowest BCUT2D eigenvalue weighted by atomic mass is 10.1. The van der Waals surface area contributed by atoms with Crippen LogP contribution in [0.4, 0.5) is 4.39 Å². The number of carbonyl (C=O) groups excluding carboxylic acids is 1. The second-order valence-corrected chi connectivity index (χ2v) is 4.93. The molecular weight excluding hydrogens is 263 g/mol. The van der Waals surface area contributed by atoms with Crippen molar-refractivity contribution in [3.8, 4) is 0 Å². The lowest BCUT2D eigenvalue weighted by Gasteiger charge is -2.33. The number of benzene rings is 1. The number of hydrogen-bond acceptors (Lipinski definition) is 4. The van der Waals surface area contributed by atoms with E-state index in [1.807, 2.05) is 11.9 Å². The first kappa shape index (κ1) is 14.5. The second kappa shape index (κ2) is 6.02. The Balaban J connectivity index is 1.95. The van der Waals surface area contributed by atoms with Crippen LogP contribution in [-0.2, 0) is 11.3 Å². The minimum Gasteiger partial charge on any atom is -0.493 e. The van der Waals surface area contributed by atoms with Crippen LogP contribution in [0.5, 0.6) is 0 Å². The summed E-state index contributed by atoms with van der Waals surface area (Å²) < 4.78 is 19.2. The number of hydroxylamine groups is 1. The van der Waals surface area contributed by atoms with Gasteiger partial charge >= 0.3 is 0 Å². The van der Waals surface area contributed by atoms with Crippen molar-refractivity contribution in [2.24, 2.45) is 0 Å². The van der Waals surface area contributed by atoms with E-state index >= 15 is 0 Å². The number of halogens is 1. The normalized spacial score (nSPS) is 17.6. The number of hydrogen-bond donors (Lipinski definition) is 2. The zero-order chi connectivity index (χ0) is 14.7. The number of likely N-dealkylation sites (N-methyl/N-ethyl adjacent to an activating group) is 1. The standard InChI is InChI=1S/C14H17FN2O3/c1-9-5-12(20-9)8-17(2)7-11-4-3-10(6-13(11)15)14(18)16-19/h3-4,6,12,19H,1,5,7-8H2,2H3,(H,16,18). The number of nitrogens with one attached hydrogen (secondary N) is 1. The molecule has 0 aromatic heterocycles. The zero-order valence-corrected chi connectivity index (χ0v) is 11.2. The van der Waals surface area contributed by atoms with E-state index in [4.69, 9.17) is 9.94 Å². The summed E-state index contributed by atoms with van der Waals surface area (Å²) in [6, 6.07) is 4.12. The number of rotatable bonds is 5. The molecule has 1 heterocycles. The maximum Gasteiger partial charge on any atom is 0.274 e. The highest BCUT2D eigenvalue weighted by atomic mass is 19.1. The van der Waals surface area contributed by atoms with Crippen LogP contribution in [0.1, 0.15) is 22.3 Å². The lowest BCUT2D eigenvalue weighted by molar-refractivity contribution is -0.000589. The van der Waals surface area contributed by atoms with Gasteiger partial charge in [0.05, 0.1) is 5.76 Å². The van der Waals surface area contributed by atoms with Crippen LogP contribution in [0.3, 0.4) is 0 Å². The average molecular weight is 280 g/mol. The van der Waals surface area contributed by atoms with Crippen LogP contribution in [-0.4, -0.2) is 35.7 Å². The predicted octanol–water partition coefficient (Wildman–Crippen LogP) is 1.68. The van der Waals surface area contributed by atoms with Gasteiger partial charge in [-0.25, -0.2) is 9.87 Å². The minimum atomic E-state index is -0.731. The summed E-state index contributed by atoms with van der Waals surface area (Å²) in [5.41, 5.74) is 2.04. The van der Waals surface area contributed by atoms with Crippen molar-refractivity contribution in [2.75, 3.05) is 13.6 Å². The van der Waals surface area contributed by atoms with Crippen molar-refractivity contribution in [3.63, 3.8) is 0 Å². The molecule has 1 atom stereocenters. The van der Waals surface area contributed by atoms with Gasteiger partial charge in [0.25, 0.3) is 5.91 Å². The number of amides is 1. The van der Waals surface area contributed by atoms with Crippen molar-refractivity contribution < 1.29 is 19.1 Å². The van der Waals surface area contributed by atoms with Crippen molar-refractivity contribution in [2.45, 2.75) is 19.1 Å². The van der Waals surface area contributed by atoms with Crippen LogP contribution in [0.15, 0.2) is 30.5 Å². The highest BCUT2D eigenvalue weighted by molar-refractivity contribution is 5.93. The van der Waals surface area contributed by atoms with Gasteiger partial charge in [0.15, 0.2) is 0 Å². The molecule has 1 aliphatic heterocycles. The molecule has 1 aromatic carbocycles. The van der Waals surface area contributed by atoms with Gasteiger partial charge < -0.3 is 4.74 Å². The van der Waals surface area contributed by atoms with E-state index in [1.165, 1.54) is 17.6 Å². The van der Waals surface area contributed by atoms with Gasteiger partial charge in [-0.15, -0.1) is 0 Å². The summed E-state index contributed by atoms with van der Waals surface area (Å²) in [7, 11) is 1.87. The first-order valence-electron chi connectivity index (χ1n) is 6.25. The third-order valence-corrected chi connectivity index (χ3v) is 3.16. The van der Waals surface area contributed by atoms with Crippen LogP contribution >= 0.6 is 0 Å². The molecule has 2 N–H and O–H groups in total. The van der Waals surface area contributed by atoms with Crippen LogP contribution in [0.25, 0.3) is 0 Å². The molecule has 1 aromatic rings. The molecule has 1 amide bonds. The molecular formula is C14H17FN2O3. The lowest BCUT2D eigenvalue weighted by Crippen LogP contribution is -2.36. The van der Waals surface area contributed by atoms with Gasteiger partial charge in [-0.05, 0) is 19.2 Å². The van der Waals surface area contributed by atoms with Gasteiger partial charge in [-0.2, -0.15) is 0 Å². The van der Waals surface area contributed by atoms with Crippen molar-refractivity contribution in [1.82, 2.24) is 10.4 Å². The summed E-state index contributed by atoms with van der Waals surface area (Å²) >= 11 is 0. The fourth-order valence-electron chi connectivity index (χ4n) is 2.17. The minimum absolute atomic E-state index is 0.0787. The molecule has 0 aliphatic carbocycles. The molecule has 1 unspecified atom stereocenters. The zero-order valence-electron chi connectivity index (χ0n) is 11.2. The van der Waals surface area contributed by atoms with E-state index < -0.39 is 11.7 Å². The van der Waals surface area contributed by atoms with Gasteiger partial charge in [-0.3, -0.25) is 14.9 Å². The summed E-state index contributed by atoms with van der Waals surface area (Å²) in [4.78, 5) is 13.1. The highest BCUT2D eigenvalue weighted by Gasteiger charge is 2.24. The molecule has 0 bridgehead atoms. The fraction of sp³-hybridized carbons (Fsp3) is 0.357. The maximum atomic E-state index is 13.9. The van der Waals surface area contributed by atoms with E-state index in [-0.39, 0.29) is 11.7 Å². The van der Waals surface area contributed by atoms with Crippen LogP contribution in [0, 0.1) is 5.82 Å². The molecule has 2 rings (SSSR count). The van der Waals surface area contributed by atoms with Crippen molar-refractivity contribution in [1.29, 1.82) is 0 Å². The van der Waals surface area contributed by atoms with Crippen molar-refractivity contribution in [3.05, 3.63) is 47.5 Å². The molecule has 108 valence electrons. The molecule has 5 nitrogen and oxygen atoms in total. The Hall–Kier alpha value is -1.92. The summed E-state index contributed by atoms with van der Waals surface area (Å²) in [5, 5.41) is 8.50. The first-order valence-corrected chi connectivity index (χ1v) is 6.25. The number of carbonyl (C=O) groups is 1. The van der Waals surface area contributed by atoms with E-state index in [9.17, 15) is 9.18 Å². The number of nitrogens with zero attached hydrogens (tertiary/aromatic N) is 1. The van der Waals surface area contributed by atoms with Gasteiger partial charge in [0.1, 0.15) is 11.9 Å². The Bertz CT molecular complexity index is 525. The molecule has 20 heavy (non-hydrogen) atoms. The Morgan fingerprint density at radius 2 is 2.35 bits per heavy atom. The van der Waals surface area contributed by atoms with E-state index in [1.54, 1.807) is 0 Å². The molecule has 0 radical (unpaired) electrons. The van der Waals surface area contributed by atoms with Crippen LogP contribution in [0.2, 0.25) is 0 Å². The topological polar surface area (TPSA) is 61.8 Å². The smallest absolute Gasteiger partial charge is 0.274 e. The molecule has 0 saturated carbocycles. The molecule has 1 fully saturated rings. The Kier molecular flexibility index (Phi) is 4.36. The monoisotopic (exact) mass is 280 g/mol. The quantitative estimate of drug-likeness (QED) is 0.636. The van der Waals surface area contributed by atoms with E-state index in [0.717, 1.165) is 18.2 Å². The Morgan fingerprint density at radius 1 is 1.65 bits per heavy atom. The molecule has 1 aliphatic rings. The third kappa shape index (κ3) is 3.34. The second-order valence-electron chi connectivity index (χ2n) is 4.93. The summed E-state index contributed by atoms with van der Waals surface area (Å²) in [5.74, 6) is -0.420. The van der Waals surface area contributed by atoms with Crippen molar-refractivity contribution >= 4 is 5.91 Å². The number of ether oxygens (including phenoxy) is 1. The molecule has 6 heteroatoms. The molecule has 1 saturated heterocycles. The van der Waals surface area contributed by atoms with Gasteiger partial charge in [0.2, 0.25) is 0 Å². The maximum absolute atomic E-state index is 13.9. The Labute approximate surface area is 116 Å². The first-order chi connectivity index (χ1) is 9.49. The Morgan fingerprint density at radius 3 is 2.90 bits per heavy atom. The summed E-state index contributed by atoms with van der Waals surface area (Å²) in [6.07, 6.45) is 0.956. The van der Waals surface area contributed by atoms with Crippen LogP contribution < -0.4 is 5.48 Å².